The molecule has 2 rings (SSSR count). The smallest absolute Gasteiger partial charge is 0.336 e. The van der Waals surface area contributed by atoms with Crippen molar-refractivity contribution in [2.75, 3.05) is 7.11 Å². The summed E-state index contributed by atoms with van der Waals surface area (Å²) in [5.41, 5.74) is 1.33. The highest BCUT2D eigenvalue weighted by Gasteiger charge is 2.13. The average Bonchev–Trinajstić information content (AvgIpc) is 2.38. The lowest BCUT2D eigenvalue weighted by Gasteiger charge is -2.08. The van der Waals surface area contributed by atoms with Gasteiger partial charge in [-0.2, -0.15) is 0 Å². The van der Waals surface area contributed by atoms with Gasteiger partial charge in [0.1, 0.15) is 11.5 Å². The summed E-state index contributed by atoms with van der Waals surface area (Å²) in [4.78, 5) is 11.2. The van der Waals surface area contributed by atoms with Crippen molar-refractivity contribution in [2.45, 2.75) is 0 Å². The zero-order valence-corrected chi connectivity index (χ0v) is 9.75. The first-order valence-electron chi connectivity index (χ1n) is 5.32. The molecule has 0 saturated heterocycles. The van der Waals surface area contributed by atoms with E-state index in [0.29, 0.717) is 16.9 Å². The number of hydrogen-bond acceptors (Lipinski definition) is 3. The maximum atomic E-state index is 11.2. The molecule has 4 heteroatoms. The first kappa shape index (κ1) is 12.0. The summed E-state index contributed by atoms with van der Waals surface area (Å²) >= 11 is 0. The molecule has 4 nitrogen and oxygen atoms in total. The number of methoxy groups -OCH3 is 1. The topological polar surface area (TPSA) is 66.8 Å². The van der Waals surface area contributed by atoms with E-state index >= 15 is 0 Å². The molecule has 2 aromatic carbocycles. The van der Waals surface area contributed by atoms with Crippen LogP contribution in [0.5, 0.6) is 11.5 Å². The lowest BCUT2D eigenvalue weighted by atomic mass is 9.99. The highest BCUT2D eigenvalue weighted by atomic mass is 16.5. The molecule has 0 amide bonds. The number of rotatable bonds is 3. The SMILES string of the molecule is COc1ccc(-c2cccc(O)c2)c(C(=O)O)c1. The summed E-state index contributed by atoms with van der Waals surface area (Å²) in [5, 5.41) is 18.6. The Balaban J connectivity index is 2.60. The largest absolute Gasteiger partial charge is 0.508 e. The van der Waals surface area contributed by atoms with Crippen molar-refractivity contribution < 1.29 is 19.7 Å². The quantitative estimate of drug-likeness (QED) is 0.871. The number of carboxylic acids is 1. The standard InChI is InChI=1S/C14H12O4/c1-18-11-5-6-12(13(8-11)14(16)17)9-3-2-4-10(15)7-9/h2-8,15H,1H3,(H,16,17). The summed E-state index contributed by atoms with van der Waals surface area (Å²) in [5.74, 6) is -0.455. The Morgan fingerprint density at radius 1 is 1.17 bits per heavy atom. The lowest BCUT2D eigenvalue weighted by Crippen LogP contribution is -2.00. The van der Waals surface area contributed by atoms with Crippen LogP contribution in [0.1, 0.15) is 10.4 Å². The molecule has 0 unspecified atom stereocenters. The van der Waals surface area contributed by atoms with Gasteiger partial charge in [0.25, 0.3) is 0 Å². The fourth-order valence-corrected chi connectivity index (χ4v) is 1.75. The van der Waals surface area contributed by atoms with Gasteiger partial charge in [0.15, 0.2) is 0 Å². The number of phenolic OH excluding ortho intramolecular Hbond substituents is 1. The number of aromatic hydroxyl groups is 1. The van der Waals surface area contributed by atoms with E-state index in [1.807, 2.05) is 0 Å². The molecule has 0 fully saturated rings. The van der Waals surface area contributed by atoms with E-state index in [0.717, 1.165) is 0 Å². The van der Waals surface area contributed by atoms with Crippen molar-refractivity contribution in [3.8, 4) is 22.6 Å². The van der Waals surface area contributed by atoms with E-state index < -0.39 is 5.97 Å². The van der Waals surface area contributed by atoms with Crippen LogP contribution in [0.15, 0.2) is 42.5 Å². The van der Waals surface area contributed by atoms with Gasteiger partial charge in [-0.05, 0) is 41.5 Å². The average molecular weight is 244 g/mol. The molecule has 0 spiro atoms. The van der Waals surface area contributed by atoms with E-state index in [2.05, 4.69) is 0 Å². The fraction of sp³-hybridized carbons (Fsp3) is 0.0714. The molecule has 0 atom stereocenters. The van der Waals surface area contributed by atoms with E-state index in [1.54, 1.807) is 24.3 Å². The maximum Gasteiger partial charge on any atom is 0.336 e. The van der Waals surface area contributed by atoms with E-state index in [1.165, 1.54) is 25.3 Å². The van der Waals surface area contributed by atoms with Crippen LogP contribution in [0.25, 0.3) is 11.1 Å². The number of benzene rings is 2. The molecular formula is C14H12O4. The van der Waals surface area contributed by atoms with Gasteiger partial charge in [-0.3, -0.25) is 0 Å². The molecule has 0 bridgehead atoms. The van der Waals surface area contributed by atoms with Crippen LogP contribution in [-0.4, -0.2) is 23.3 Å². The third kappa shape index (κ3) is 2.27. The molecule has 0 aliphatic heterocycles. The third-order valence-electron chi connectivity index (χ3n) is 2.61. The second-order valence-electron chi connectivity index (χ2n) is 3.77. The van der Waals surface area contributed by atoms with Gasteiger partial charge in [0, 0.05) is 0 Å². The Morgan fingerprint density at radius 2 is 1.94 bits per heavy atom. The van der Waals surface area contributed by atoms with Crippen molar-refractivity contribution >= 4 is 5.97 Å². The van der Waals surface area contributed by atoms with E-state index in [4.69, 9.17) is 4.74 Å². The Bertz CT molecular complexity index is 590. The molecule has 2 N–H and O–H groups in total. The molecule has 0 radical (unpaired) electrons. The third-order valence-corrected chi connectivity index (χ3v) is 2.61. The summed E-state index contributed by atoms with van der Waals surface area (Å²) < 4.78 is 5.01. The fourth-order valence-electron chi connectivity index (χ4n) is 1.75. The molecule has 92 valence electrons. The van der Waals surface area contributed by atoms with Crippen LogP contribution in [0.4, 0.5) is 0 Å². The minimum atomic E-state index is -1.03. The van der Waals surface area contributed by atoms with Gasteiger partial charge < -0.3 is 14.9 Å². The first-order valence-corrected chi connectivity index (χ1v) is 5.32. The Morgan fingerprint density at radius 3 is 2.56 bits per heavy atom. The number of phenols is 1. The van der Waals surface area contributed by atoms with Gasteiger partial charge in [0.2, 0.25) is 0 Å². The van der Waals surface area contributed by atoms with Gasteiger partial charge in [-0.25, -0.2) is 4.79 Å². The zero-order valence-electron chi connectivity index (χ0n) is 9.75. The van der Waals surface area contributed by atoms with E-state index in [9.17, 15) is 15.0 Å². The highest BCUT2D eigenvalue weighted by Crippen LogP contribution is 2.29. The van der Waals surface area contributed by atoms with Crippen molar-refractivity contribution in [3.05, 3.63) is 48.0 Å². The second-order valence-corrected chi connectivity index (χ2v) is 3.77. The minimum absolute atomic E-state index is 0.0969. The zero-order chi connectivity index (χ0) is 13.1. The predicted molar refractivity (Wildman–Crippen MR) is 67.1 cm³/mol. The number of hydrogen-bond donors (Lipinski definition) is 2. The second kappa shape index (κ2) is 4.79. The number of aromatic carboxylic acids is 1. The van der Waals surface area contributed by atoms with Crippen molar-refractivity contribution in [2.24, 2.45) is 0 Å². The van der Waals surface area contributed by atoms with Gasteiger partial charge >= 0.3 is 5.97 Å². The number of carboxylic acid groups (broad SMARTS) is 1. The van der Waals surface area contributed by atoms with Crippen molar-refractivity contribution in [3.63, 3.8) is 0 Å². The van der Waals surface area contributed by atoms with Gasteiger partial charge in [-0.1, -0.05) is 12.1 Å². The van der Waals surface area contributed by atoms with Crippen LogP contribution < -0.4 is 4.74 Å². The van der Waals surface area contributed by atoms with Crippen LogP contribution >= 0.6 is 0 Å². The van der Waals surface area contributed by atoms with Crippen LogP contribution in [0.2, 0.25) is 0 Å². The Hall–Kier alpha value is -2.49. The van der Waals surface area contributed by atoms with Crippen LogP contribution in [0.3, 0.4) is 0 Å². The van der Waals surface area contributed by atoms with Crippen LogP contribution in [0, 0.1) is 0 Å². The summed E-state index contributed by atoms with van der Waals surface area (Å²) in [6.07, 6.45) is 0. The number of carbonyl (C=O) groups is 1. The Kier molecular flexibility index (Phi) is 3.19. The summed E-state index contributed by atoms with van der Waals surface area (Å²) in [6, 6.07) is 11.3. The summed E-state index contributed by atoms with van der Waals surface area (Å²) in [7, 11) is 1.48. The molecule has 0 aromatic heterocycles. The lowest BCUT2D eigenvalue weighted by molar-refractivity contribution is 0.0697. The molecule has 0 aliphatic rings. The van der Waals surface area contributed by atoms with Crippen molar-refractivity contribution in [1.29, 1.82) is 0 Å². The Labute approximate surface area is 104 Å². The number of ether oxygens (including phenoxy) is 1. The molecule has 0 saturated carbocycles. The summed E-state index contributed by atoms with van der Waals surface area (Å²) in [6.45, 7) is 0. The highest BCUT2D eigenvalue weighted by molar-refractivity contribution is 5.96. The minimum Gasteiger partial charge on any atom is -0.508 e. The predicted octanol–water partition coefficient (Wildman–Crippen LogP) is 2.77. The molecule has 0 heterocycles. The molecular weight excluding hydrogens is 232 g/mol. The monoisotopic (exact) mass is 244 g/mol. The van der Waals surface area contributed by atoms with E-state index in [-0.39, 0.29) is 11.3 Å². The molecule has 18 heavy (non-hydrogen) atoms. The molecule has 0 aliphatic carbocycles. The normalized spacial score (nSPS) is 10.1. The van der Waals surface area contributed by atoms with Gasteiger partial charge in [-0.15, -0.1) is 0 Å². The maximum absolute atomic E-state index is 11.2. The molecule has 2 aromatic rings. The van der Waals surface area contributed by atoms with Gasteiger partial charge in [0.05, 0.1) is 12.7 Å². The first-order chi connectivity index (χ1) is 8.61. The van der Waals surface area contributed by atoms with Crippen molar-refractivity contribution in [1.82, 2.24) is 0 Å². The van der Waals surface area contributed by atoms with Crippen LogP contribution in [-0.2, 0) is 0 Å².